The number of para-hydroxylation sites is 2. The Hall–Kier alpha value is -3.72. The maximum Gasteiger partial charge on any atom is 0.340 e. The van der Waals surface area contributed by atoms with Crippen molar-refractivity contribution in [1.29, 1.82) is 0 Å². The number of aromatic amines is 1. The van der Waals surface area contributed by atoms with Gasteiger partial charge >= 0.3 is 5.97 Å². The van der Waals surface area contributed by atoms with Crippen molar-refractivity contribution in [2.24, 2.45) is 0 Å². The molecular weight excluding hydrogens is 448 g/mol. The highest BCUT2D eigenvalue weighted by Crippen LogP contribution is 2.28. The summed E-state index contributed by atoms with van der Waals surface area (Å²) in [5, 5.41) is 3.56. The van der Waals surface area contributed by atoms with Gasteiger partial charge in [-0.2, -0.15) is 8.78 Å². The fourth-order valence-electron chi connectivity index (χ4n) is 3.22. The van der Waals surface area contributed by atoms with Crippen LogP contribution in [0.15, 0.2) is 82.5 Å². The number of carbonyl (C=O) groups excluding carboxylic acids is 1. The smallest absolute Gasteiger partial charge is 0.340 e. The molecule has 4 aromatic rings. The summed E-state index contributed by atoms with van der Waals surface area (Å²) in [4.78, 5) is 32.7. The van der Waals surface area contributed by atoms with Crippen molar-refractivity contribution in [2.75, 3.05) is 5.32 Å². The number of aromatic nitrogens is 2. The van der Waals surface area contributed by atoms with Crippen LogP contribution in [0.5, 0.6) is 0 Å². The van der Waals surface area contributed by atoms with E-state index < -0.39 is 17.8 Å². The van der Waals surface area contributed by atoms with E-state index in [0.717, 1.165) is 0 Å². The molecule has 0 fully saturated rings. The zero-order valence-electron chi connectivity index (χ0n) is 17.4. The fourth-order valence-corrected chi connectivity index (χ4v) is 3.72. The lowest BCUT2D eigenvalue weighted by Gasteiger charge is -2.16. The lowest BCUT2D eigenvalue weighted by atomic mass is 10.1. The van der Waals surface area contributed by atoms with Gasteiger partial charge in [0.05, 0.1) is 22.2 Å². The molecule has 0 spiro atoms. The molecule has 1 aromatic heterocycles. The van der Waals surface area contributed by atoms with E-state index in [-0.39, 0.29) is 16.9 Å². The van der Waals surface area contributed by atoms with Crippen molar-refractivity contribution in [1.82, 2.24) is 9.97 Å². The molecule has 0 aliphatic heterocycles. The number of hydrogen-bond acceptors (Lipinski definition) is 6. The van der Waals surface area contributed by atoms with Crippen molar-refractivity contribution >= 4 is 40.0 Å². The molecule has 9 heteroatoms. The van der Waals surface area contributed by atoms with Gasteiger partial charge in [-0.1, -0.05) is 36.0 Å². The van der Waals surface area contributed by atoms with Crippen LogP contribution in [0.3, 0.4) is 0 Å². The van der Waals surface area contributed by atoms with Crippen LogP contribution in [0, 0.1) is 0 Å². The first-order chi connectivity index (χ1) is 15.9. The Bertz CT molecular complexity index is 1340. The van der Waals surface area contributed by atoms with Crippen LogP contribution >= 0.6 is 11.8 Å². The number of fused-ring (bicyclic) bond motifs is 1. The summed E-state index contributed by atoms with van der Waals surface area (Å²) < 4.78 is 30.6. The molecule has 0 amide bonds. The molecule has 1 heterocycles. The predicted molar refractivity (Wildman–Crippen MR) is 124 cm³/mol. The summed E-state index contributed by atoms with van der Waals surface area (Å²) >= 11 is 0.461. The molecule has 2 N–H and O–H groups in total. The Labute approximate surface area is 192 Å². The van der Waals surface area contributed by atoms with Gasteiger partial charge in [0.25, 0.3) is 11.3 Å². The number of nitrogens with one attached hydrogen (secondary N) is 2. The van der Waals surface area contributed by atoms with Gasteiger partial charge in [-0.15, -0.1) is 0 Å². The molecule has 33 heavy (non-hydrogen) atoms. The van der Waals surface area contributed by atoms with E-state index in [1.165, 1.54) is 0 Å². The Morgan fingerprint density at radius 2 is 1.73 bits per heavy atom. The van der Waals surface area contributed by atoms with Crippen molar-refractivity contribution in [3.05, 3.63) is 94.5 Å². The molecule has 0 radical (unpaired) electrons. The third kappa shape index (κ3) is 5.38. The molecule has 1 atom stereocenters. The third-order valence-electron chi connectivity index (χ3n) is 4.81. The Morgan fingerprint density at radius 1 is 1.03 bits per heavy atom. The number of benzene rings is 3. The second-order valence-corrected chi connectivity index (χ2v) is 8.15. The minimum atomic E-state index is -2.49. The van der Waals surface area contributed by atoms with E-state index in [9.17, 15) is 18.4 Å². The van der Waals surface area contributed by atoms with E-state index in [0.29, 0.717) is 38.9 Å². The van der Waals surface area contributed by atoms with Crippen LogP contribution in [0.25, 0.3) is 10.9 Å². The predicted octanol–water partition coefficient (Wildman–Crippen LogP) is 5.90. The highest BCUT2D eigenvalue weighted by atomic mass is 32.2. The summed E-state index contributed by atoms with van der Waals surface area (Å²) in [5.41, 5.74) is 1.59. The van der Waals surface area contributed by atoms with Gasteiger partial charge in [0.15, 0.2) is 11.9 Å². The van der Waals surface area contributed by atoms with Crippen LogP contribution in [-0.2, 0) is 4.74 Å². The fraction of sp³-hybridized carbons (Fsp3) is 0.125. The average Bonchev–Trinajstić information content (AvgIpc) is 2.80. The molecule has 168 valence electrons. The van der Waals surface area contributed by atoms with Gasteiger partial charge in [0.1, 0.15) is 0 Å². The van der Waals surface area contributed by atoms with Gasteiger partial charge in [-0.3, -0.25) is 4.79 Å². The first-order valence-corrected chi connectivity index (χ1v) is 10.9. The van der Waals surface area contributed by atoms with Crippen molar-refractivity contribution < 1.29 is 18.3 Å². The molecule has 0 aliphatic carbocycles. The lowest BCUT2D eigenvalue weighted by Crippen LogP contribution is -2.18. The summed E-state index contributed by atoms with van der Waals surface area (Å²) in [6, 6.07) is 20.1. The molecule has 0 bridgehead atoms. The van der Waals surface area contributed by atoms with E-state index in [4.69, 9.17) is 4.74 Å². The Balaban J connectivity index is 1.52. The van der Waals surface area contributed by atoms with Gasteiger partial charge in [0.2, 0.25) is 0 Å². The van der Waals surface area contributed by atoms with Crippen LogP contribution < -0.4 is 10.9 Å². The largest absolute Gasteiger partial charge is 0.451 e. The summed E-state index contributed by atoms with van der Waals surface area (Å²) in [6.45, 7) is 1.63. The van der Waals surface area contributed by atoms with E-state index in [2.05, 4.69) is 15.3 Å². The number of ether oxygens (including phenoxy) is 1. The van der Waals surface area contributed by atoms with Crippen LogP contribution in [-0.4, -0.2) is 21.7 Å². The number of rotatable bonds is 7. The van der Waals surface area contributed by atoms with E-state index in [1.54, 1.807) is 79.7 Å². The Kier molecular flexibility index (Phi) is 6.69. The normalized spacial score (nSPS) is 12.0. The maximum absolute atomic E-state index is 12.9. The zero-order valence-corrected chi connectivity index (χ0v) is 18.2. The monoisotopic (exact) mass is 467 g/mol. The molecule has 0 aliphatic rings. The van der Waals surface area contributed by atoms with Crippen LogP contribution in [0.4, 0.5) is 20.2 Å². The van der Waals surface area contributed by atoms with Crippen molar-refractivity contribution in [3.8, 4) is 0 Å². The molecule has 3 aromatic carbocycles. The Morgan fingerprint density at radius 3 is 2.48 bits per heavy atom. The highest BCUT2D eigenvalue weighted by Gasteiger charge is 2.19. The SMILES string of the molecule is CC(OC(=O)c1ccccc1Nc1ccc(SC(F)F)cc1)c1nc2ccccc2c(=O)[nH]1. The summed E-state index contributed by atoms with van der Waals surface area (Å²) in [6.07, 6.45) is -0.798. The number of hydrogen-bond donors (Lipinski definition) is 2. The van der Waals surface area contributed by atoms with Gasteiger partial charge in [-0.05, 0) is 55.5 Å². The second-order valence-electron chi connectivity index (χ2n) is 7.09. The van der Waals surface area contributed by atoms with E-state index >= 15 is 0 Å². The number of anilines is 2. The van der Waals surface area contributed by atoms with E-state index in [1.807, 2.05) is 0 Å². The first-order valence-electron chi connectivity index (χ1n) is 10.0. The molecular formula is C24H19F2N3O3S. The van der Waals surface area contributed by atoms with Gasteiger partial charge in [0, 0.05) is 10.6 Å². The van der Waals surface area contributed by atoms with Gasteiger partial charge < -0.3 is 15.0 Å². The minimum absolute atomic E-state index is 0.240. The summed E-state index contributed by atoms with van der Waals surface area (Å²) in [5.74, 6) is -2.86. The molecule has 0 saturated heterocycles. The first kappa shape index (κ1) is 22.5. The van der Waals surface area contributed by atoms with Crippen LogP contribution in [0.2, 0.25) is 0 Å². The quantitative estimate of drug-likeness (QED) is 0.260. The second kappa shape index (κ2) is 9.83. The zero-order chi connectivity index (χ0) is 23.4. The van der Waals surface area contributed by atoms with Gasteiger partial charge in [-0.25, -0.2) is 9.78 Å². The maximum atomic E-state index is 12.9. The lowest BCUT2D eigenvalue weighted by molar-refractivity contribution is 0.0321. The number of halogens is 2. The average molecular weight is 467 g/mol. The highest BCUT2D eigenvalue weighted by molar-refractivity contribution is 7.99. The number of alkyl halides is 2. The standard InChI is InChI=1S/C24H19F2N3O3S/c1-14(21-28-19-8-4-2-6-17(19)22(30)29-21)32-23(31)18-7-3-5-9-20(18)27-15-10-12-16(13-11-15)33-24(25)26/h2-14,24,27H,1H3,(H,28,29,30). The minimum Gasteiger partial charge on any atom is -0.451 e. The molecule has 0 saturated carbocycles. The number of H-pyrrole nitrogens is 1. The number of nitrogens with zero attached hydrogens (tertiary/aromatic N) is 1. The molecule has 4 rings (SSSR count). The number of esters is 1. The topological polar surface area (TPSA) is 84.1 Å². The molecule has 1 unspecified atom stereocenters. The number of carbonyl (C=O) groups is 1. The summed E-state index contributed by atoms with van der Waals surface area (Å²) in [7, 11) is 0. The van der Waals surface area contributed by atoms with Crippen molar-refractivity contribution in [3.63, 3.8) is 0 Å². The van der Waals surface area contributed by atoms with Crippen LogP contribution in [0.1, 0.15) is 29.2 Å². The number of thioether (sulfide) groups is 1. The van der Waals surface area contributed by atoms with Crippen molar-refractivity contribution in [2.45, 2.75) is 23.7 Å². The third-order valence-corrected chi connectivity index (χ3v) is 5.53. The molecule has 6 nitrogen and oxygen atoms in total.